The van der Waals surface area contributed by atoms with Crippen LogP contribution in [0.4, 0.5) is 5.69 Å². The van der Waals surface area contributed by atoms with Crippen molar-refractivity contribution in [2.45, 2.75) is 52.6 Å². The molecule has 1 aromatic rings. The lowest BCUT2D eigenvalue weighted by Crippen LogP contribution is -2.39. The van der Waals surface area contributed by atoms with Gasteiger partial charge in [-0.2, -0.15) is 0 Å². The van der Waals surface area contributed by atoms with E-state index in [9.17, 15) is 0 Å². The number of guanidine groups is 1. The van der Waals surface area contributed by atoms with E-state index >= 15 is 0 Å². The number of hydrogen-bond donors (Lipinski definition) is 2. The van der Waals surface area contributed by atoms with Gasteiger partial charge in [0.15, 0.2) is 5.96 Å². The predicted molar refractivity (Wildman–Crippen MR) is 115 cm³/mol. The first-order valence-corrected chi connectivity index (χ1v) is 9.93. The molecule has 0 radical (unpaired) electrons. The third-order valence-corrected chi connectivity index (χ3v) is 4.29. The maximum absolute atomic E-state index is 5.75. The molecule has 6 nitrogen and oxygen atoms in total. The molecule has 6 heteroatoms. The maximum atomic E-state index is 5.75. The van der Waals surface area contributed by atoms with Crippen molar-refractivity contribution in [2.24, 2.45) is 4.99 Å². The molecule has 0 bridgehead atoms. The summed E-state index contributed by atoms with van der Waals surface area (Å²) in [6.45, 7) is 12.3. The normalized spacial score (nSPS) is 12.1. The number of ether oxygens (including phenoxy) is 2. The fourth-order valence-electron chi connectivity index (χ4n) is 2.95. The molecule has 0 unspecified atom stereocenters. The Bertz CT molecular complexity index is 539. The molecule has 0 aliphatic rings. The average molecular weight is 379 g/mol. The summed E-state index contributed by atoms with van der Waals surface area (Å²) in [4.78, 5) is 6.81. The Morgan fingerprint density at radius 3 is 2.48 bits per heavy atom. The lowest BCUT2D eigenvalue weighted by Gasteiger charge is -2.30. The van der Waals surface area contributed by atoms with Gasteiger partial charge in [0.25, 0.3) is 0 Å². The molecule has 0 aliphatic heterocycles. The van der Waals surface area contributed by atoms with Crippen LogP contribution in [0.2, 0.25) is 0 Å². The average Bonchev–Trinajstić information content (AvgIpc) is 2.63. The number of nitrogens with one attached hydrogen (secondary N) is 2. The summed E-state index contributed by atoms with van der Waals surface area (Å²) in [5, 5.41) is 6.71. The highest BCUT2D eigenvalue weighted by Crippen LogP contribution is 2.17. The van der Waals surface area contributed by atoms with Crippen LogP contribution in [0.25, 0.3) is 0 Å². The Balaban J connectivity index is 2.43. The van der Waals surface area contributed by atoms with Gasteiger partial charge in [0.05, 0.1) is 6.61 Å². The largest absolute Gasteiger partial charge is 0.493 e. The van der Waals surface area contributed by atoms with Crippen LogP contribution in [-0.4, -0.2) is 63.4 Å². The van der Waals surface area contributed by atoms with Gasteiger partial charge < -0.3 is 20.1 Å². The van der Waals surface area contributed by atoms with Crippen LogP contribution in [0, 0.1) is 0 Å². The number of rotatable bonds is 12. The van der Waals surface area contributed by atoms with Gasteiger partial charge in [-0.05, 0) is 46.2 Å². The van der Waals surface area contributed by atoms with Crippen LogP contribution >= 0.6 is 0 Å². The van der Waals surface area contributed by atoms with Crippen LogP contribution in [0.15, 0.2) is 29.3 Å². The van der Waals surface area contributed by atoms with Gasteiger partial charge in [0.2, 0.25) is 0 Å². The molecule has 0 saturated heterocycles. The fourth-order valence-corrected chi connectivity index (χ4v) is 2.95. The Morgan fingerprint density at radius 1 is 1.11 bits per heavy atom. The van der Waals surface area contributed by atoms with Crippen LogP contribution in [0.3, 0.4) is 0 Å². The van der Waals surface area contributed by atoms with Crippen LogP contribution in [0.5, 0.6) is 5.75 Å². The van der Waals surface area contributed by atoms with Gasteiger partial charge in [-0.15, -0.1) is 0 Å². The third-order valence-electron chi connectivity index (χ3n) is 4.29. The molecule has 0 amide bonds. The van der Waals surface area contributed by atoms with E-state index in [2.05, 4.69) is 48.2 Å². The topological polar surface area (TPSA) is 58.1 Å². The molecule has 1 rings (SSSR count). The minimum atomic E-state index is 0.564. The van der Waals surface area contributed by atoms with E-state index in [1.165, 1.54) is 0 Å². The number of benzene rings is 1. The minimum absolute atomic E-state index is 0.564. The van der Waals surface area contributed by atoms with Gasteiger partial charge in [0, 0.05) is 64.1 Å². The standard InChI is InChI=1S/C21H38N4O2/c1-17(2)25(18(3)4)13-8-12-23-21(22-5)24-19-10-7-11-20(16-19)27-15-9-14-26-6/h7,10-11,16-18H,8-9,12-15H2,1-6H3,(H2,22,23,24). The van der Waals surface area contributed by atoms with Crippen molar-refractivity contribution in [1.82, 2.24) is 10.2 Å². The second-order valence-corrected chi connectivity index (χ2v) is 7.13. The monoisotopic (exact) mass is 378 g/mol. The van der Waals surface area contributed by atoms with E-state index in [0.29, 0.717) is 25.3 Å². The van der Waals surface area contributed by atoms with Crippen molar-refractivity contribution in [3.05, 3.63) is 24.3 Å². The molecule has 0 spiro atoms. The summed E-state index contributed by atoms with van der Waals surface area (Å²) in [5.41, 5.74) is 0.957. The zero-order valence-corrected chi connectivity index (χ0v) is 17.9. The number of aliphatic imine (C=N–C) groups is 1. The highest BCUT2D eigenvalue weighted by atomic mass is 16.5. The Hall–Kier alpha value is -1.79. The fraction of sp³-hybridized carbons (Fsp3) is 0.667. The molecule has 0 saturated carbocycles. The molecule has 0 fully saturated rings. The van der Waals surface area contributed by atoms with Crippen molar-refractivity contribution in [1.29, 1.82) is 0 Å². The predicted octanol–water partition coefficient (Wildman–Crippen LogP) is 3.60. The van der Waals surface area contributed by atoms with Gasteiger partial charge in [-0.25, -0.2) is 0 Å². The highest BCUT2D eigenvalue weighted by molar-refractivity contribution is 5.93. The first-order valence-electron chi connectivity index (χ1n) is 9.93. The van der Waals surface area contributed by atoms with E-state index in [-0.39, 0.29) is 0 Å². The van der Waals surface area contributed by atoms with Crippen LogP contribution < -0.4 is 15.4 Å². The van der Waals surface area contributed by atoms with Gasteiger partial charge >= 0.3 is 0 Å². The molecule has 1 aromatic carbocycles. The van der Waals surface area contributed by atoms with Crippen LogP contribution in [-0.2, 0) is 4.74 Å². The van der Waals surface area contributed by atoms with E-state index in [1.54, 1.807) is 14.2 Å². The Kier molecular flexibility index (Phi) is 11.5. The lowest BCUT2D eigenvalue weighted by atomic mass is 10.2. The van der Waals surface area contributed by atoms with E-state index in [4.69, 9.17) is 9.47 Å². The Morgan fingerprint density at radius 2 is 1.85 bits per heavy atom. The molecular weight excluding hydrogens is 340 g/mol. The van der Waals surface area contributed by atoms with E-state index in [1.807, 2.05) is 24.3 Å². The molecule has 0 atom stereocenters. The van der Waals surface area contributed by atoms with Crippen molar-refractivity contribution >= 4 is 11.6 Å². The lowest BCUT2D eigenvalue weighted by molar-refractivity contribution is 0.172. The zero-order chi connectivity index (χ0) is 20.1. The second kappa shape index (κ2) is 13.4. The molecule has 27 heavy (non-hydrogen) atoms. The zero-order valence-electron chi connectivity index (χ0n) is 17.9. The third kappa shape index (κ3) is 9.63. The van der Waals surface area contributed by atoms with Gasteiger partial charge in [-0.3, -0.25) is 9.89 Å². The van der Waals surface area contributed by atoms with Crippen molar-refractivity contribution in [2.75, 3.05) is 45.8 Å². The molecule has 154 valence electrons. The summed E-state index contributed by atoms with van der Waals surface area (Å²) >= 11 is 0. The summed E-state index contributed by atoms with van der Waals surface area (Å²) in [6, 6.07) is 9.06. The van der Waals surface area contributed by atoms with Gasteiger partial charge in [-0.1, -0.05) is 6.07 Å². The smallest absolute Gasteiger partial charge is 0.195 e. The first-order chi connectivity index (χ1) is 13.0. The number of anilines is 1. The van der Waals surface area contributed by atoms with E-state index in [0.717, 1.165) is 43.3 Å². The summed E-state index contributed by atoms with van der Waals surface area (Å²) in [5.74, 6) is 1.61. The summed E-state index contributed by atoms with van der Waals surface area (Å²) in [7, 11) is 3.49. The molecule has 0 aromatic heterocycles. The minimum Gasteiger partial charge on any atom is -0.493 e. The van der Waals surface area contributed by atoms with Crippen molar-refractivity contribution < 1.29 is 9.47 Å². The first kappa shape index (κ1) is 23.2. The number of hydrogen-bond acceptors (Lipinski definition) is 4. The summed E-state index contributed by atoms with van der Waals surface area (Å²) < 4.78 is 10.8. The SMILES string of the molecule is CN=C(NCCCN(C(C)C)C(C)C)Nc1cccc(OCCCOC)c1. The van der Waals surface area contributed by atoms with E-state index < -0.39 is 0 Å². The molecule has 0 aliphatic carbocycles. The second-order valence-electron chi connectivity index (χ2n) is 7.13. The molecule has 0 heterocycles. The van der Waals surface area contributed by atoms with Crippen molar-refractivity contribution in [3.63, 3.8) is 0 Å². The van der Waals surface area contributed by atoms with Crippen LogP contribution in [0.1, 0.15) is 40.5 Å². The number of nitrogens with zero attached hydrogens (tertiary/aromatic N) is 2. The van der Waals surface area contributed by atoms with Crippen molar-refractivity contribution in [3.8, 4) is 5.75 Å². The Labute approximate surface area is 165 Å². The number of methoxy groups -OCH3 is 1. The maximum Gasteiger partial charge on any atom is 0.195 e. The highest BCUT2D eigenvalue weighted by Gasteiger charge is 2.12. The molecular formula is C21H38N4O2. The molecule has 2 N–H and O–H groups in total. The summed E-state index contributed by atoms with van der Waals surface area (Å²) in [6.07, 6.45) is 1.95. The quantitative estimate of drug-likeness (QED) is 0.331. The van der Waals surface area contributed by atoms with Gasteiger partial charge in [0.1, 0.15) is 5.75 Å².